The number of hydrogen-bond donors (Lipinski definition) is 1. The molecule has 1 unspecified atom stereocenters. The van der Waals surface area contributed by atoms with E-state index in [9.17, 15) is 9.90 Å². The highest BCUT2D eigenvalue weighted by atomic mass is 16.6. The summed E-state index contributed by atoms with van der Waals surface area (Å²) in [4.78, 5) is 12.9. The Morgan fingerprint density at radius 2 is 2.07 bits per heavy atom. The van der Waals surface area contributed by atoms with Gasteiger partial charge in [0, 0.05) is 11.6 Å². The quantitative estimate of drug-likeness (QED) is 0.765. The molecule has 1 heterocycles. The maximum absolute atomic E-state index is 11.6. The minimum atomic E-state index is -0.914. The van der Waals surface area contributed by atoms with Crippen molar-refractivity contribution in [2.24, 2.45) is 0 Å². The first kappa shape index (κ1) is 9.98. The van der Waals surface area contributed by atoms with E-state index in [1.54, 1.807) is 24.3 Å². The lowest BCUT2D eigenvalue weighted by Crippen LogP contribution is -2.44. The Hall–Kier alpha value is -1.55. The van der Waals surface area contributed by atoms with E-state index in [4.69, 9.17) is 4.74 Å². The van der Waals surface area contributed by atoms with Gasteiger partial charge in [-0.2, -0.15) is 0 Å². The number of benzene rings is 1. The fraction of sp³-hybridized carbons (Fsp3) is 0.364. The predicted molar refractivity (Wildman–Crippen MR) is 54.4 cm³/mol. The SMILES string of the molecule is CC(C)N1C(=O)Oc2ccccc2C1O. The van der Waals surface area contributed by atoms with Crippen molar-refractivity contribution in [2.45, 2.75) is 26.1 Å². The number of carbonyl (C=O) groups excluding carboxylic acids is 1. The van der Waals surface area contributed by atoms with Crippen molar-refractivity contribution < 1.29 is 14.6 Å². The van der Waals surface area contributed by atoms with Crippen LogP contribution in [0.5, 0.6) is 5.75 Å². The van der Waals surface area contributed by atoms with Gasteiger partial charge >= 0.3 is 6.09 Å². The highest BCUT2D eigenvalue weighted by Crippen LogP contribution is 2.33. The molecule has 0 aliphatic carbocycles. The summed E-state index contributed by atoms with van der Waals surface area (Å²) < 4.78 is 5.10. The monoisotopic (exact) mass is 207 g/mol. The van der Waals surface area contributed by atoms with E-state index in [2.05, 4.69) is 0 Å². The van der Waals surface area contributed by atoms with Gasteiger partial charge in [-0.3, -0.25) is 4.90 Å². The number of amides is 1. The van der Waals surface area contributed by atoms with E-state index in [0.29, 0.717) is 11.3 Å². The molecular weight excluding hydrogens is 194 g/mol. The normalized spacial score (nSPS) is 20.1. The number of hydrogen-bond acceptors (Lipinski definition) is 3. The maximum Gasteiger partial charge on any atom is 0.417 e. The molecule has 15 heavy (non-hydrogen) atoms. The fourth-order valence-corrected chi connectivity index (χ4v) is 1.68. The van der Waals surface area contributed by atoms with Crippen molar-refractivity contribution in [1.29, 1.82) is 0 Å². The van der Waals surface area contributed by atoms with Gasteiger partial charge in [-0.15, -0.1) is 0 Å². The van der Waals surface area contributed by atoms with E-state index in [-0.39, 0.29) is 6.04 Å². The van der Waals surface area contributed by atoms with Crippen LogP contribution in [0, 0.1) is 0 Å². The molecule has 0 fully saturated rings. The van der Waals surface area contributed by atoms with Crippen molar-refractivity contribution in [2.75, 3.05) is 0 Å². The Bertz CT molecular complexity index is 389. The molecule has 1 atom stereocenters. The van der Waals surface area contributed by atoms with Crippen LogP contribution in [0.1, 0.15) is 25.6 Å². The van der Waals surface area contributed by atoms with Crippen LogP contribution < -0.4 is 4.74 Å². The molecule has 0 bridgehead atoms. The minimum absolute atomic E-state index is 0.0964. The zero-order valence-electron chi connectivity index (χ0n) is 8.68. The second kappa shape index (κ2) is 3.55. The summed E-state index contributed by atoms with van der Waals surface area (Å²) in [5.74, 6) is 0.437. The second-order valence-electron chi connectivity index (χ2n) is 3.78. The smallest absolute Gasteiger partial charge is 0.410 e. The van der Waals surface area contributed by atoms with E-state index in [1.807, 2.05) is 13.8 Å². The number of aliphatic hydroxyl groups excluding tert-OH is 1. The van der Waals surface area contributed by atoms with E-state index in [1.165, 1.54) is 4.90 Å². The molecule has 0 saturated carbocycles. The van der Waals surface area contributed by atoms with E-state index >= 15 is 0 Å². The minimum Gasteiger partial charge on any atom is -0.410 e. The first-order chi connectivity index (χ1) is 7.11. The molecule has 1 aliphatic rings. The zero-order chi connectivity index (χ0) is 11.0. The number of para-hydroxylation sites is 1. The lowest BCUT2D eigenvalue weighted by atomic mass is 10.1. The third-order valence-electron chi connectivity index (χ3n) is 2.43. The average Bonchev–Trinajstić information content (AvgIpc) is 2.17. The molecular formula is C11H13NO3. The average molecular weight is 207 g/mol. The van der Waals surface area contributed by atoms with Crippen LogP contribution in [0.25, 0.3) is 0 Å². The van der Waals surface area contributed by atoms with Crippen LogP contribution in [-0.2, 0) is 0 Å². The number of rotatable bonds is 1. The zero-order valence-corrected chi connectivity index (χ0v) is 8.68. The fourth-order valence-electron chi connectivity index (χ4n) is 1.68. The highest BCUT2D eigenvalue weighted by molar-refractivity contribution is 5.74. The Balaban J connectivity index is 2.43. The number of nitrogens with zero attached hydrogens (tertiary/aromatic N) is 1. The van der Waals surface area contributed by atoms with Crippen LogP contribution in [0.3, 0.4) is 0 Å². The first-order valence-corrected chi connectivity index (χ1v) is 4.88. The third-order valence-corrected chi connectivity index (χ3v) is 2.43. The van der Waals surface area contributed by atoms with Gasteiger partial charge in [0.15, 0.2) is 6.23 Å². The third kappa shape index (κ3) is 1.57. The molecule has 1 N–H and O–H groups in total. The summed E-state index contributed by atoms with van der Waals surface area (Å²) in [7, 11) is 0. The van der Waals surface area contributed by atoms with Gasteiger partial charge in [0.05, 0.1) is 0 Å². The van der Waals surface area contributed by atoms with Gasteiger partial charge in [0.1, 0.15) is 5.75 Å². The van der Waals surface area contributed by atoms with Gasteiger partial charge < -0.3 is 9.84 Å². The molecule has 1 amide bonds. The molecule has 1 aromatic carbocycles. The Morgan fingerprint density at radius 3 is 2.73 bits per heavy atom. The summed E-state index contributed by atoms with van der Waals surface area (Å²) in [5.41, 5.74) is 0.630. The van der Waals surface area contributed by atoms with Gasteiger partial charge in [0.25, 0.3) is 0 Å². The van der Waals surface area contributed by atoms with Gasteiger partial charge in [0.2, 0.25) is 0 Å². The van der Waals surface area contributed by atoms with Gasteiger partial charge in [-0.05, 0) is 19.9 Å². The van der Waals surface area contributed by atoms with Gasteiger partial charge in [-0.1, -0.05) is 18.2 Å². The van der Waals surface area contributed by atoms with Crippen molar-refractivity contribution in [3.8, 4) is 5.75 Å². The summed E-state index contributed by atoms with van der Waals surface area (Å²) in [6.45, 7) is 3.66. The van der Waals surface area contributed by atoms with Crippen LogP contribution in [0.15, 0.2) is 24.3 Å². The molecule has 0 aromatic heterocycles. The standard InChI is InChI=1S/C11H13NO3/c1-7(2)12-10(13)8-5-3-4-6-9(8)15-11(12)14/h3-7,10,13H,1-2H3. The lowest BCUT2D eigenvalue weighted by molar-refractivity contribution is -0.0166. The Morgan fingerprint density at radius 1 is 1.40 bits per heavy atom. The Kier molecular flexibility index (Phi) is 2.36. The number of fused-ring (bicyclic) bond motifs is 1. The van der Waals surface area contributed by atoms with Crippen LogP contribution >= 0.6 is 0 Å². The van der Waals surface area contributed by atoms with Gasteiger partial charge in [-0.25, -0.2) is 4.79 Å². The molecule has 0 radical (unpaired) electrons. The molecule has 4 heteroatoms. The van der Waals surface area contributed by atoms with E-state index < -0.39 is 12.3 Å². The predicted octanol–water partition coefficient (Wildman–Crippen LogP) is 1.90. The molecule has 0 saturated heterocycles. The lowest BCUT2D eigenvalue weighted by Gasteiger charge is -2.35. The number of ether oxygens (including phenoxy) is 1. The summed E-state index contributed by atoms with van der Waals surface area (Å²) in [5, 5.41) is 9.99. The number of aliphatic hydroxyl groups is 1. The van der Waals surface area contributed by atoms with Crippen molar-refractivity contribution >= 4 is 6.09 Å². The van der Waals surface area contributed by atoms with Crippen LogP contribution in [0.2, 0.25) is 0 Å². The van der Waals surface area contributed by atoms with Crippen LogP contribution in [-0.4, -0.2) is 22.1 Å². The summed E-state index contributed by atoms with van der Waals surface area (Å²) in [6, 6.07) is 6.90. The second-order valence-corrected chi connectivity index (χ2v) is 3.78. The molecule has 4 nitrogen and oxygen atoms in total. The van der Waals surface area contributed by atoms with Crippen molar-refractivity contribution in [3.05, 3.63) is 29.8 Å². The summed E-state index contributed by atoms with van der Waals surface area (Å²) >= 11 is 0. The Labute approximate surface area is 88.1 Å². The maximum atomic E-state index is 11.6. The molecule has 2 rings (SSSR count). The van der Waals surface area contributed by atoms with Crippen LogP contribution in [0.4, 0.5) is 4.79 Å². The van der Waals surface area contributed by atoms with E-state index in [0.717, 1.165) is 0 Å². The first-order valence-electron chi connectivity index (χ1n) is 4.88. The molecule has 80 valence electrons. The largest absolute Gasteiger partial charge is 0.417 e. The molecule has 1 aromatic rings. The highest BCUT2D eigenvalue weighted by Gasteiger charge is 2.34. The van der Waals surface area contributed by atoms with Crippen molar-refractivity contribution in [1.82, 2.24) is 4.90 Å². The molecule has 0 spiro atoms. The van der Waals surface area contributed by atoms with Crippen molar-refractivity contribution in [3.63, 3.8) is 0 Å². The number of carbonyl (C=O) groups is 1. The topological polar surface area (TPSA) is 49.8 Å². The summed E-state index contributed by atoms with van der Waals surface area (Å²) in [6.07, 6.45) is -1.42. The molecule has 1 aliphatic heterocycles.